The highest BCUT2D eigenvalue weighted by Crippen LogP contribution is 2.17. The number of carboxylic acids is 1. The van der Waals surface area contributed by atoms with E-state index in [1.165, 1.54) is 5.56 Å². The van der Waals surface area contributed by atoms with E-state index in [2.05, 4.69) is 12.1 Å². The molecule has 154 valence electrons. The Labute approximate surface area is 177 Å². The third kappa shape index (κ3) is 7.13. The van der Waals surface area contributed by atoms with Crippen LogP contribution in [0.5, 0.6) is 5.75 Å². The SMILES string of the molecule is O=C(O)/C(=C/c1ccc(OCc2ccccc2)cc1)OCCCCc1ccccc1. The van der Waals surface area contributed by atoms with Gasteiger partial charge in [0.1, 0.15) is 12.4 Å². The molecule has 0 fully saturated rings. The van der Waals surface area contributed by atoms with Crippen molar-refractivity contribution >= 4 is 12.0 Å². The molecule has 0 saturated carbocycles. The van der Waals surface area contributed by atoms with Gasteiger partial charge in [-0.3, -0.25) is 0 Å². The number of hydrogen-bond acceptors (Lipinski definition) is 3. The van der Waals surface area contributed by atoms with Crippen molar-refractivity contribution in [3.8, 4) is 5.75 Å². The third-order valence-corrected chi connectivity index (χ3v) is 4.60. The summed E-state index contributed by atoms with van der Waals surface area (Å²) in [5.41, 5.74) is 3.13. The molecular formula is C26H26O4. The van der Waals surface area contributed by atoms with Gasteiger partial charge in [-0.2, -0.15) is 0 Å². The number of benzene rings is 3. The molecule has 3 aromatic carbocycles. The minimum Gasteiger partial charge on any atom is -0.489 e. The molecule has 0 heterocycles. The molecule has 4 heteroatoms. The molecule has 0 radical (unpaired) electrons. The summed E-state index contributed by atoms with van der Waals surface area (Å²) in [4.78, 5) is 11.5. The van der Waals surface area contributed by atoms with Crippen molar-refractivity contribution in [1.29, 1.82) is 0 Å². The Morgan fingerprint density at radius 1 is 0.800 bits per heavy atom. The molecule has 0 aliphatic rings. The van der Waals surface area contributed by atoms with Gasteiger partial charge in [0, 0.05) is 0 Å². The van der Waals surface area contributed by atoms with E-state index < -0.39 is 5.97 Å². The van der Waals surface area contributed by atoms with E-state index in [4.69, 9.17) is 9.47 Å². The van der Waals surface area contributed by atoms with E-state index in [0.29, 0.717) is 13.2 Å². The molecule has 3 aromatic rings. The fourth-order valence-electron chi connectivity index (χ4n) is 2.98. The van der Waals surface area contributed by atoms with Gasteiger partial charge in [-0.15, -0.1) is 0 Å². The molecule has 0 aromatic heterocycles. The van der Waals surface area contributed by atoms with E-state index >= 15 is 0 Å². The van der Waals surface area contributed by atoms with Crippen molar-refractivity contribution in [1.82, 2.24) is 0 Å². The largest absolute Gasteiger partial charge is 0.489 e. The summed E-state index contributed by atoms with van der Waals surface area (Å²) in [6.45, 7) is 0.867. The molecule has 30 heavy (non-hydrogen) atoms. The number of aryl methyl sites for hydroxylation is 1. The normalized spacial score (nSPS) is 11.1. The smallest absolute Gasteiger partial charge is 0.371 e. The van der Waals surface area contributed by atoms with Gasteiger partial charge in [-0.1, -0.05) is 72.8 Å². The summed E-state index contributed by atoms with van der Waals surface area (Å²) < 4.78 is 11.3. The summed E-state index contributed by atoms with van der Waals surface area (Å²) in [5.74, 6) is -0.384. The van der Waals surface area contributed by atoms with Crippen molar-refractivity contribution in [2.45, 2.75) is 25.9 Å². The molecule has 0 bridgehead atoms. The van der Waals surface area contributed by atoms with Gasteiger partial charge in [0.15, 0.2) is 0 Å². The summed E-state index contributed by atoms with van der Waals surface area (Å²) in [7, 11) is 0. The maximum Gasteiger partial charge on any atom is 0.371 e. The highest BCUT2D eigenvalue weighted by atomic mass is 16.5. The van der Waals surface area contributed by atoms with Gasteiger partial charge in [-0.05, 0) is 54.2 Å². The first-order valence-corrected chi connectivity index (χ1v) is 10.1. The van der Waals surface area contributed by atoms with Gasteiger partial charge in [0.2, 0.25) is 5.76 Å². The van der Waals surface area contributed by atoms with E-state index in [1.54, 1.807) is 6.08 Å². The van der Waals surface area contributed by atoms with Crippen LogP contribution < -0.4 is 4.74 Å². The number of aliphatic carboxylic acids is 1. The van der Waals surface area contributed by atoms with Crippen LogP contribution in [0.4, 0.5) is 0 Å². The van der Waals surface area contributed by atoms with Crippen molar-refractivity contribution in [3.63, 3.8) is 0 Å². The van der Waals surface area contributed by atoms with Gasteiger partial charge in [0.25, 0.3) is 0 Å². The second kappa shape index (κ2) is 11.5. The minimum atomic E-state index is -1.07. The molecule has 4 nitrogen and oxygen atoms in total. The summed E-state index contributed by atoms with van der Waals surface area (Å²) >= 11 is 0. The van der Waals surface area contributed by atoms with E-state index in [1.807, 2.05) is 72.8 Å². The van der Waals surface area contributed by atoms with E-state index in [-0.39, 0.29) is 5.76 Å². The first-order chi connectivity index (χ1) is 14.7. The lowest BCUT2D eigenvalue weighted by molar-refractivity contribution is -0.136. The summed E-state index contributed by atoms with van der Waals surface area (Å²) in [6.07, 6.45) is 4.25. The summed E-state index contributed by atoms with van der Waals surface area (Å²) in [6, 6.07) is 27.5. The first kappa shape index (κ1) is 21.2. The molecule has 0 aliphatic heterocycles. The third-order valence-electron chi connectivity index (χ3n) is 4.60. The maximum atomic E-state index is 11.5. The zero-order valence-electron chi connectivity index (χ0n) is 16.9. The number of carboxylic acid groups (broad SMARTS) is 1. The number of carbonyl (C=O) groups is 1. The van der Waals surface area contributed by atoms with Gasteiger partial charge >= 0.3 is 5.97 Å². The second-order valence-corrected chi connectivity index (χ2v) is 6.95. The highest BCUT2D eigenvalue weighted by Gasteiger charge is 2.09. The lowest BCUT2D eigenvalue weighted by atomic mass is 10.1. The Morgan fingerprint density at radius 2 is 1.43 bits per heavy atom. The van der Waals surface area contributed by atoms with Gasteiger partial charge < -0.3 is 14.6 Å². The molecule has 1 N–H and O–H groups in total. The summed E-state index contributed by atoms with van der Waals surface area (Å²) in [5, 5.41) is 9.42. The first-order valence-electron chi connectivity index (χ1n) is 10.1. The van der Waals surface area contributed by atoms with Crippen LogP contribution in [0.3, 0.4) is 0 Å². The number of unbranched alkanes of at least 4 members (excludes halogenated alkanes) is 1. The molecule has 0 saturated heterocycles. The van der Waals surface area contributed by atoms with Crippen LogP contribution in [0, 0.1) is 0 Å². The number of ether oxygens (including phenoxy) is 2. The zero-order chi connectivity index (χ0) is 21.0. The van der Waals surface area contributed by atoms with Crippen molar-refractivity contribution in [2.24, 2.45) is 0 Å². The predicted octanol–water partition coefficient (Wildman–Crippen LogP) is 5.73. The highest BCUT2D eigenvalue weighted by molar-refractivity contribution is 5.89. The predicted molar refractivity (Wildman–Crippen MR) is 118 cm³/mol. The topological polar surface area (TPSA) is 55.8 Å². The van der Waals surface area contributed by atoms with Gasteiger partial charge in [0.05, 0.1) is 6.61 Å². The van der Waals surface area contributed by atoms with Crippen LogP contribution in [-0.4, -0.2) is 17.7 Å². The maximum absolute atomic E-state index is 11.5. The molecule has 0 spiro atoms. The van der Waals surface area contributed by atoms with Crippen molar-refractivity contribution in [2.75, 3.05) is 6.61 Å². The lowest BCUT2D eigenvalue weighted by Gasteiger charge is -2.08. The van der Waals surface area contributed by atoms with Crippen LogP contribution in [0.15, 0.2) is 90.7 Å². The Hall–Kier alpha value is -3.53. The van der Waals surface area contributed by atoms with Crippen LogP contribution in [-0.2, 0) is 22.6 Å². The average molecular weight is 402 g/mol. The fourth-order valence-corrected chi connectivity index (χ4v) is 2.98. The molecule has 0 atom stereocenters. The fraction of sp³-hybridized carbons (Fsp3) is 0.192. The number of hydrogen-bond donors (Lipinski definition) is 1. The van der Waals surface area contributed by atoms with E-state index in [9.17, 15) is 9.90 Å². The van der Waals surface area contributed by atoms with Crippen molar-refractivity contribution < 1.29 is 19.4 Å². The standard InChI is InChI=1S/C26H26O4/c27-26(28)25(29-18-8-7-11-21-9-3-1-4-10-21)19-22-14-16-24(17-15-22)30-20-23-12-5-2-6-13-23/h1-6,9-10,12-17,19H,7-8,11,18,20H2,(H,27,28)/b25-19-. The molecule has 0 amide bonds. The second-order valence-electron chi connectivity index (χ2n) is 6.95. The quantitative estimate of drug-likeness (QED) is 0.253. The Morgan fingerprint density at radius 3 is 2.07 bits per heavy atom. The van der Waals surface area contributed by atoms with Crippen LogP contribution in [0.1, 0.15) is 29.5 Å². The average Bonchev–Trinajstić information content (AvgIpc) is 2.79. The van der Waals surface area contributed by atoms with E-state index in [0.717, 1.165) is 36.1 Å². The lowest BCUT2D eigenvalue weighted by Crippen LogP contribution is -2.06. The van der Waals surface area contributed by atoms with Crippen LogP contribution in [0.25, 0.3) is 6.08 Å². The van der Waals surface area contributed by atoms with Crippen LogP contribution >= 0.6 is 0 Å². The van der Waals surface area contributed by atoms with Crippen molar-refractivity contribution in [3.05, 3.63) is 107 Å². The van der Waals surface area contributed by atoms with Gasteiger partial charge in [-0.25, -0.2) is 4.79 Å². The molecule has 0 aliphatic carbocycles. The molecule has 0 unspecified atom stereocenters. The molecular weight excluding hydrogens is 376 g/mol. The Balaban J connectivity index is 1.47. The molecule has 3 rings (SSSR count). The Bertz CT molecular complexity index is 932. The van der Waals surface area contributed by atoms with Crippen LogP contribution in [0.2, 0.25) is 0 Å². The zero-order valence-corrected chi connectivity index (χ0v) is 16.9. The Kier molecular flexibility index (Phi) is 8.10. The monoisotopic (exact) mass is 402 g/mol. The minimum absolute atomic E-state index is 0.0485. The number of rotatable bonds is 11.